The summed E-state index contributed by atoms with van der Waals surface area (Å²) >= 11 is 1.22. The van der Waals surface area contributed by atoms with Gasteiger partial charge in [-0.3, -0.25) is 4.57 Å². The zero-order valence-corrected chi connectivity index (χ0v) is 14.4. The summed E-state index contributed by atoms with van der Waals surface area (Å²) in [7, 11) is 0. The number of benzene rings is 1. The van der Waals surface area contributed by atoms with E-state index in [9.17, 15) is 18.0 Å². The summed E-state index contributed by atoms with van der Waals surface area (Å²) in [6.45, 7) is 2.46. The maximum absolute atomic E-state index is 12.8. The molecule has 0 spiro atoms. The molecular formula is C15H14F3N5O2S. The first-order valence-corrected chi connectivity index (χ1v) is 8.65. The zero-order chi connectivity index (χ0) is 18.7. The molecule has 0 aliphatic rings. The molecule has 1 aromatic carbocycles. The van der Waals surface area contributed by atoms with Crippen molar-refractivity contribution in [1.29, 1.82) is 0 Å². The lowest BCUT2D eigenvalue weighted by Gasteiger charge is -2.06. The van der Waals surface area contributed by atoms with Crippen molar-refractivity contribution in [2.75, 3.05) is 0 Å². The molecule has 0 bridgehead atoms. The molecule has 26 heavy (non-hydrogen) atoms. The number of halogens is 3. The predicted octanol–water partition coefficient (Wildman–Crippen LogP) is 3.34. The van der Waals surface area contributed by atoms with Gasteiger partial charge in [0.2, 0.25) is 11.7 Å². The largest absolute Gasteiger partial charge is 0.416 e. The number of alkyl halides is 3. The first kappa shape index (κ1) is 18.2. The third kappa shape index (κ3) is 3.98. The van der Waals surface area contributed by atoms with E-state index in [2.05, 4.69) is 20.3 Å². The van der Waals surface area contributed by atoms with Crippen LogP contribution >= 0.6 is 11.8 Å². The van der Waals surface area contributed by atoms with Gasteiger partial charge < -0.3 is 4.52 Å². The molecule has 0 radical (unpaired) electrons. The van der Waals surface area contributed by atoms with Crippen LogP contribution in [0.25, 0.3) is 11.4 Å². The molecule has 2 aromatic heterocycles. The lowest BCUT2D eigenvalue weighted by molar-refractivity contribution is -0.137. The highest BCUT2D eigenvalue weighted by atomic mass is 32.2. The van der Waals surface area contributed by atoms with Crippen LogP contribution in [-0.4, -0.2) is 24.9 Å². The summed E-state index contributed by atoms with van der Waals surface area (Å²) in [5, 5.41) is 10.5. The second kappa shape index (κ2) is 7.36. The van der Waals surface area contributed by atoms with E-state index in [1.54, 1.807) is 0 Å². The normalized spacial score (nSPS) is 11.8. The van der Waals surface area contributed by atoms with Crippen LogP contribution in [0.5, 0.6) is 0 Å². The smallest absolute Gasteiger partial charge is 0.338 e. The number of nitrogens with zero attached hydrogens (tertiary/aromatic N) is 4. The second-order valence-corrected chi connectivity index (χ2v) is 6.28. The zero-order valence-electron chi connectivity index (χ0n) is 13.6. The molecule has 3 rings (SSSR count). The van der Waals surface area contributed by atoms with E-state index in [-0.39, 0.29) is 28.7 Å². The minimum absolute atomic E-state index is 0.0691. The lowest BCUT2D eigenvalue weighted by atomic mass is 10.1. The van der Waals surface area contributed by atoms with Crippen molar-refractivity contribution in [3.8, 4) is 11.4 Å². The number of nitrogens with one attached hydrogen (secondary N) is 1. The van der Waals surface area contributed by atoms with Gasteiger partial charge in [0.1, 0.15) is 0 Å². The van der Waals surface area contributed by atoms with Gasteiger partial charge in [-0.2, -0.15) is 18.2 Å². The number of rotatable bonds is 6. The van der Waals surface area contributed by atoms with E-state index in [1.165, 1.54) is 28.5 Å². The van der Waals surface area contributed by atoms with Crippen molar-refractivity contribution in [3.63, 3.8) is 0 Å². The Bertz CT molecular complexity index is 947. The fourth-order valence-corrected chi connectivity index (χ4v) is 3.04. The van der Waals surface area contributed by atoms with Gasteiger partial charge in [-0.25, -0.2) is 9.89 Å². The number of hydrogen-bond acceptors (Lipinski definition) is 6. The summed E-state index contributed by atoms with van der Waals surface area (Å²) < 4.78 is 45.0. The fraction of sp³-hybridized carbons (Fsp3) is 0.333. The molecule has 7 nitrogen and oxygen atoms in total. The van der Waals surface area contributed by atoms with Crippen molar-refractivity contribution in [1.82, 2.24) is 24.9 Å². The van der Waals surface area contributed by atoms with Crippen LogP contribution < -0.4 is 5.69 Å². The first-order chi connectivity index (χ1) is 12.4. The van der Waals surface area contributed by atoms with Gasteiger partial charge in [0.15, 0.2) is 5.16 Å². The Kier molecular flexibility index (Phi) is 5.16. The van der Waals surface area contributed by atoms with Gasteiger partial charge in [-0.05, 0) is 18.6 Å². The molecule has 0 atom stereocenters. The highest BCUT2D eigenvalue weighted by Crippen LogP contribution is 2.31. The van der Waals surface area contributed by atoms with Crippen LogP contribution in [0.3, 0.4) is 0 Å². The van der Waals surface area contributed by atoms with Crippen LogP contribution in [0.4, 0.5) is 13.2 Å². The predicted molar refractivity (Wildman–Crippen MR) is 87.4 cm³/mol. The minimum Gasteiger partial charge on any atom is -0.338 e. The Morgan fingerprint density at radius 3 is 2.88 bits per heavy atom. The van der Waals surface area contributed by atoms with Crippen molar-refractivity contribution >= 4 is 11.8 Å². The number of aromatic nitrogens is 5. The SMILES string of the molecule is CCCn1c(SCc2nc(-c3cccc(C(F)(F)F)c3)no2)n[nH]c1=O. The lowest BCUT2D eigenvalue weighted by Crippen LogP contribution is -2.17. The van der Waals surface area contributed by atoms with Crippen molar-refractivity contribution < 1.29 is 17.7 Å². The summed E-state index contributed by atoms with van der Waals surface area (Å²) in [5.74, 6) is 0.528. The average Bonchev–Trinajstić information content (AvgIpc) is 3.21. The number of H-pyrrole nitrogens is 1. The third-order valence-electron chi connectivity index (χ3n) is 3.41. The van der Waals surface area contributed by atoms with Crippen LogP contribution in [0, 0.1) is 0 Å². The molecular weight excluding hydrogens is 371 g/mol. The van der Waals surface area contributed by atoms with Gasteiger partial charge in [0, 0.05) is 12.1 Å². The quantitative estimate of drug-likeness (QED) is 0.655. The molecule has 138 valence electrons. The summed E-state index contributed by atoms with van der Waals surface area (Å²) in [6.07, 6.45) is -3.67. The number of aromatic amines is 1. The molecule has 3 aromatic rings. The fourth-order valence-electron chi connectivity index (χ4n) is 2.23. The molecule has 0 amide bonds. The highest BCUT2D eigenvalue weighted by Gasteiger charge is 2.30. The van der Waals surface area contributed by atoms with Gasteiger partial charge in [-0.1, -0.05) is 36.0 Å². The molecule has 1 N–H and O–H groups in total. The van der Waals surface area contributed by atoms with Crippen LogP contribution in [0.1, 0.15) is 24.8 Å². The molecule has 0 unspecified atom stereocenters. The van der Waals surface area contributed by atoms with Crippen molar-refractivity contribution in [3.05, 3.63) is 46.2 Å². The Hall–Kier alpha value is -2.56. The molecule has 11 heteroatoms. The van der Waals surface area contributed by atoms with Gasteiger partial charge in [-0.15, -0.1) is 5.10 Å². The Balaban J connectivity index is 1.74. The van der Waals surface area contributed by atoms with Gasteiger partial charge in [0.25, 0.3) is 0 Å². The van der Waals surface area contributed by atoms with Gasteiger partial charge in [0.05, 0.1) is 11.3 Å². The summed E-state index contributed by atoms with van der Waals surface area (Å²) in [6, 6.07) is 4.71. The highest BCUT2D eigenvalue weighted by molar-refractivity contribution is 7.98. The maximum Gasteiger partial charge on any atom is 0.416 e. The summed E-state index contributed by atoms with van der Waals surface area (Å²) in [4.78, 5) is 15.7. The van der Waals surface area contributed by atoms with E-state index in [1.807, 2.05) is 6.92 Å². The summed E-state index contributed by atoms with van der Waals surface area (Å²) in [5.41, 5.74) is -0.872. The molecule has 0 saturated heterocycles. The molecule has 0 aliphatic heterocycles. The van der Waals surface area contributed by atoms with Crippen LogP contribution in [0.15, 0.2) is 38.7 Å². The number of thioether (sulfide) groups is 1. The Labute approximate surface area is 149 Å². The molecule has 0 aliphatic carbocycles. The Morgan fingerprint density at radius 1 is 1.35 bits per heavy atom. The molecule has 0 saturated carbocycles. The van der Waals surface area contributed by atoms with E-state index in [0.29, 0.717) is 11.7 Å². The van der Waals surface area contributed by atoms with E-state index < -0.39 is 11.7 Å². The monoisotopic (exact) mass is 385 g/mol. The minimum atomic E-state index is -4.44. The molecule has 0 fully saturated rings. The Morgan fingerprint density at radius 2 is 2.15 bits per heavy atom. The molecule has 2 heterocycles. The standard InChI is InChI=1S/C15H14F3N5O2S/c1-2-6-23-13(24)20-21-14(23)26-8-11-19-12(22-25-11)9-4-3-5-10(7-9)15(16,17)18/h3-5,7H,2,6,8H2,1H3,(H,20,24). The first-order valence-electron chi connectivity index (χ1n) is 7.66. The maximum atomic E-state index is 12.8. The van der Waals surface area contributed by atoms with Crippen molar-refractivity contribution in [2.24, 2.45) is 0 Å². The van der Waals surface area contributed by atoms with Crippen LogP contribution in [-0.2, 0) is 18.5 Å². The van der Waals surface area contributed by atoms with E-state index in [0.717, 1.165) is 18.6 Å². The number of hydrogen-bond donors (Lipinski definition) is 1. The van der Waals surface area contributed by atoms with Crippen molar-refractivity contribution in [2.45, 2.75) is 37.0 Å². The van der Waals surface area contributed by atoms with Gasteiger partial charge >= 0.3 is 11.9 Å². The second-order valence-electron chi connectivity index (χ2n) is 5.34. The average molecular weight is 385 g/mol. The van der Waals surface area contributed by atoms with E-state index >= 15 is 0 Å². The topological polar surface area (TPSA) is 89.6 Å². The van der Waals surface area contributed by atoms with Crippen LogP contribution in [0.2, 0.25) is 0 Å². The van der Waals surface area contributed by atoms with E-state index in [4.69, 9.17) is 4.52 Å². The third-order valence-corrected chi connectivity index (χ3v) is 4.37.